The fourth-order valence-corrected chi connectivity index (χ4v) is 2.67. The first-order valence-electron chi connectivity index (χ1n) is 8.88. The van der Waals surface area contributed by atoms with Gasteiger partial charge in [-0.2, -0.15) is 0 Å². The number of hydrogen-bond donors (Lipinski definition) is 3. The van der Waals surface area contributed by atoms with Crippen molar-refractivity contribution in [3.05, 3.63) is 58.1 Å². The van der Waals surface area contributed by atoms with Crippen LogP contribution in [-0.4, -0.2) is 38.0 Å². The minimum atomic E-state index is -0.573. The van der Waals surface area contributed by atoms with Crippen LogP contribution in [0.2, 0.25) is 0 Å². The van der Waals surface area contributed by atoms with E-state index in [0.29, 0.717) is 23.7 Å². The quantitative estimate of drug-likeness (QED) is 0.521. The van der Waals surface area contributed by atoms with Gasteiger partial charge in [-0.1, -0.05) is 28.9 Å². The Balaban J connectivity index is 1.85. The van der Waals surface area contributed by atoms with Crippen molar-refractivity contribution in [2.24, 2.45) is 0 Å². The summed E-state index contributed by atoms with van der Waals surface area (Å²) in [6.07, 6.45) is 0.843. The molecule has 8 nitrogen and oxygen atoms in total. The summed E-state index contributed by atoms with van der Waals surface area (Å²) in [6, 6.07) is 11.5. The van der Waals surface area contributed by atoms with Gasteiger partial charge in [0.05, 0.1) is 20.3 Å². The van der Waals surface area contributed by atoms with Crippen LogP contribution < -0.4 is 25.6 Å². The van der Waals surface area contributed by atoms with Gasteiger partial charge in [-0.3, -0.25) is 25.2 Å². The molecule has 2 aromatic rings. The van der Waals surface area contributed by atoms with Crippen molar-refractivity contribution in [2.75, 3.05) is 20.3 Å². The van der Waals surface area contributed by atoms with E-state index in [1.54, 1.807) is 36.4 Å². The number of amides is 3. The van der Waals surface area contributed by atoms with E-state index in [0.717, 1.165) is 10.9 Å². The number of hydrogen-bond acceptors (Lipinski definition) is 5. The number of benzene rings is 2. The molecular formula is C20H22BrN3O5. The summed E-state index contributed by atoms with van der Waals surface area (Å²) in [6.45, 7) is 2.22. The lowest BCUT2D eigenvalue weighted by atomic mass is 10.2. The molecular weight excluding hydrogens is 442 g/mol. The lowest BCUT2D eigenvalue weighted by Crippen LogP contribution is -2.46. The van der Waals surface area contributed by atoms with E-state index in [-0.39, 0.29) is 12.1 Å². The standard InChI is InChI=1S/C20H22BrN3O5/c1-3-9-29-16-8-7-14(11-17(16)28-2)20(27)24-23-18(25)12-22-19(26)13-5-4-6-15(21)10-13/h4-8,10-11H,3,9,12H2,1-2H3,(H,22,26)(H,23,25)(H,24,27). The molecule has 0 unspecified atom stereocenters. The zero-order chi connectivity index (χ0) is 21.2. The maximum absolute atomic E-state index is 12.2. The first-order valence-corrected chi connectivity index (χ1v) is 9.67. The maximum atomic E-state index is 12.2. The topological polar surface area (TPSA) is 106 Å². The van der Waals surface area contributed by atoms with Crippen LogP contribution in [0.5, 0.6) is 11.5 Å². The highest BCUT2D eigenvalue weighted by atomic mass is 79.9. The van der Waals surface area contributed by atoms with Gasteiger partial charge in [-0.15, -0.1) is 0 Å². The summed E-state index contributed by atoms with van der Waals surface area (Å²) in [5, 5.41) is 2.48. The third kappa shape index (κ3) is 6.79. The zero-order valence-corrected chi connectivity index (χ0v) is 17.7. The van der Waals surface area contributed by atoms with Gasteiger partial charge in [0.2, 0.25) is 0 Å². The molecule has 0 heterocycles. The molecule has 0 atom stereocenters. The lowest BCUT2D eigenvalue weighted by Gasteiger charge is -2.12. The Labute approximate surface area is 177 Å². The van der Waals surface area contributed by atoms with Crippen LogP contribution in [0.15, 0.2) is 46.9 Å². The van der Waals surface area contributed by atoms with Crippen molar-refractivity contribution in [1.82, 2.24) is 16.2 Å². The van der Waals surface area contributed by atoms with Crippen molar-refractivity contribution in [3.8, 4) is 11.5 Å². The highest BCUT2D eigenvalue weighted by Gasteiger charge is 2.13. The summed E-state index contributed by atoms with van der Waals surface area (Å²) in [5.41, 5.74) is 5.24. The van der Waals surface area contributed by atoms with Crippen molar-refractivity contribution in [2.45, 2.75) is 13.3 Å². The molecule has 0 radical (unpaired) electrons. The number of methoxy groups -OCH3 is 1. The van der Waals surface area contributed by atoms with E-state index >= 15 is 0 Å². The number of rotatable bonds is 8. The predicted octanol–water partition coefficient (Wildman–Crippen LogP) is 2.44. The van der Waals surface area contributed by atoms with Crippen LogP contribution in [0, 0.1) is 0 Å². The van der Waals surface area contributed by atoms with Crippen LogP contribution in [0.25, 0.3) is 0 Å². The molecule has 0 saturated heterocycles. The third-order valence-electron chi connectivity index (χ3n) is 3.70. The Morgan fingerprint density at radius 3 is 2.41 bits per heavy atom. The van der Waals surface area contributed by atoms with Crippen molar-refractivity contribution >= 4 is 33.7 Å². The second kappa shape index (κ2) is 11.1. The van der Waals surface area contributed by atoms with Crippen molar-refractivity contribution in [3.63, 3.8) is 0 Å². The van der Waals surface area contributed by atoms with Crippen LogP contribution in [0.1, 0.15) is 34.1 Å². The second-order valence-corrected chi connectivity index (χ2v) is 6.83. The van der Waals surface area contributed by atoms with Gasteiger partial charge >= 0.3 is 0 Å². The Bertz CT molecular complexity index is 888. The van der Waals surface area contributed by atoms with E-state index in [1.165, 1.54) is 13.2 Å². The van der Waals surface area contributed by atoms with Gasteiger partial charge in [-0.25, -0.2) is 0 Å². The molecule has 0 aliphatic carbocycles. The van der Waals surface area contributed by atoms with Gasteiger partial charge in [-0.05, 0) is 42.8 Å². The van der Waals surface area contributed by atoms with Gasteiger partial charge < -0.3 is 14.8 Å². The minimum absolute atomic E-state index is 0.282. The van der Waals surface area contributed by atoms with Gasteiger partial charge in [0, 0.05) is 15.6 Å². The van der Waals surface area contributed by atoms with Crippen molar-refractivity contribution in [1.29, 1.82) is 0 Å². The van der Waals surface area contributed by atoms with Crippen LogP contribution >= 0.6 is 15.9 Å². The first kappa shape index (κ1) is 22.2. The zero-order valence-electron chi connectivity index (χ0n) is 16.1. The smallest absolute Gasteiger partial charge is 0.269 e. The molecule has 9 heteroatoms. The maximum Gasteiger partial charge on any atom is 0.269 e. The highest BCUT2D eigenvalue weighted by Crippen LogP contribution is 2.28. The summed E-state index contributed by atoms with van der Waals surface area (Å²) in [5.74, 6) is -0.558. The lowest BCUT2D eigenvalue weighted by molar-refractivity contribution is -0.120. The van der Waals surface area contributed by atoms with Gasteiger partial charge in [0.1, 0.15) is 0 Å². The number of hydrazine groups is 1. The molecule has 0 aliphatic heterocycles. The van der Waals surface area contributed by atoms with E-state index in [1.807, 2.05) is 6.92 Å². The molecule has 3 N–H and O–H groups in total. The normalized spacial score (nSPS) is 10.0. The number of ether oxygens (including phenoxy) is 2. The average molecular weight is 464 g/mol. The van der Waals surface area contributed by atoms with E-state index in [9.17, 15) is 14.4 Å². The SMILES string of the molecule is CCCOc1ccc(C(=O)NNC(=O)CNC(=O)c2cccc(Br)c2)cc1OC. The van der Waals surface area contributed by atoms with E-state index in [4.69, 9.17) is 9.47 Å². The molecule has 2 rings (SSSR count). The molecule has 3 amide bonds. The second-order valence-electron chi connectivity index (χ2n) is 5.91. The third-order valence-corrected chi connectivity index (χ3v) is 4.19. The van der Waals surface area contributed by atoms with E-state index < -0.39 is 17.7 Å². The number of carbonyl (C=O) groups excluding carboxylic acids is 3. The molecule has 154 valence electrons. The average Bonchev–Trinajstić information content (AvgIpc) is 2.74. The largest absolute Gasteiger partial charge is 0.493 e. The molecule has 0 saturated carbocycles. The molecule has 0 bridgehead atoms. The molecule has 0 aliphatic rings. The number of halogens is 1. The van der Waals surface area contributed by atoms with Gasteiger partial charge in [0.25, 0.3) is 17.7 Å². The molecule has 0 fully saturated rings. The Kier molecular flexibility index (Phi) is 8.47. The Morgan fingerprint density at radius 2 is 1.72 bits per heavy atom. The van der Waals surface area contributed by atoms with Crippen LogP contribution in [-0.2, 0) is 4.79 Å². The fraction of sp³-hybridized carbons (Fsp3) is 0.250. The molecule has 0 spiro atoms. The minimum Gasteiger partial charge on any atom is -0.493 e. The van der Waals surface area contributed by atoms with Crippen LogP contribution in [0.4, 0.5) is 0 Å². The number of carbonyl (C=O) groups is 3. The first-order chi connectivity index (χ1) is 13.9. The Morgan fingerprint density at radius 1 is 0.966 bits per heavy atom. The van der Waals surface area contributed by atoms with Gasteiger partial charge in [0.15, 0.2) is 11.5 Å². The fourth-order valence-electron chi connectivity index (χ4n) is 2.28. The summed E-state index contributed by atoms with van der Waals surface area (Å²) in [4.78, 5) is 36.1. The summed E-state index contributed by atoms with van der Waals surface area (Å²) < 4.78 is 11.5. The van der Waals surface area contributed by atoms with Crippen LogP contribution in [0.3, 0.4) is 0 Å². The van der Waals surface area contributed by atoms with Crippen molar-refractivity contribution < 1.29 is 23.9 Å². The molecule has 29 heavy (non-hydrogen) atoms. The number of nitrogens with one attached hydrogen (secondary N) is 3. The summed E-state index contributed by atoms with van der Waals surface area (Å²) in [7, 11) is 1.48. The summed E-state index contributed by atoms with van der Waals surface area (Å²) >= 11 is 3.28. The van der Waals surface area contributed by atoms with E-state index in [2.05, 4.69) is 32.1 Å². The molecule has 0 aromatic heterocycles. The highest BCUT2D eigenvalue weighted by molar-refractivity contribution is 9.10. The predicted molar refractivity (Wildman–Crippen MR) is 111 cm³/mol. The Hall–Kier alpha value is -3.07. The monoisotopic (exact) mass is 463 g/mol. The molecule has 2 aromatic carbocycles.